The second-order valence-corrected chi connectivity index (χ2v) is 12.0. The first-order valence-corrected chi connectivity index (χ1v) is 15.8. The molecule has 0 amide bonds. The van der Waals surface area contributed by atoms with Gasteiger partial charge in [-0.3, -0.25) is 18.8 Å². The Morgan fingerprint density at radius 2 is 1.48 bits per heavy atom. The molecule has 1 aliphatic rings. The summed E-state index contributed by atoms with van der Waals surface area (Å²) in [5.41, 5.74) is 10.5. The van der Waals surface area contributed by atoms with Crippen molar-refractivity contribution in [3.8, 4) is 0 Å². The predicted octanol–water partition coefficient (Wildman–Crippen LogP) is 2.15. The minimum Gasteiger partial charge on any atom is -0.384 e. The number of nitrogens with two attached hydrogens (primary N) is 1. The van der Waals surface area contributed by atoms with Gasteiger partial charge in [0.2, 0.25) is 6.23 Å². The lowest BCUT2D eigenvalue weighted by Crippen LogP contribution is -2.42. The molecule has 1 aliphatic heterocycles. The van der Waals surface area contributed by atoms with Crippen LogP contribution < -0.4 is 22.4 Å². The number of carbonyl (C=O) groups excluding carboxylic acids is 2. The summed E-state index contributed by atoms with van der Waals surface area (Å²) in [6, 6.07) is 16.2. The molecule has 1 saturated heterocycles. The van der Waals surface area contributed by atoms with Crippen LogP contribution in [0.5, 0.6) is 0 Å². The zero-order valence-electron chi connectivity index (χ0n) is 25.6. The van der Waals surface area contributed by atoms with E-state index in [4.69, 9.17) is 33.7 Å². The number of anilines is 1. The first-order chi connectivity index (χ1) is 22.8. The zero-order valence-corrected chi connectivity index (χ0v) is 26.5. The van der Waals surface area contributed by atoms with Gasteiger partial charge in [-0.1, -0.05) is 60.7 Å². The van der Waals surface area contributed by atoms with Crippen LogP contribution in [0.15, 0.2) is 77.7 Å². The molecule has 0 aliphatic carbocycles. The number of aliphatic hydroxyl groups excluding tert-OH is 1. The number of nitrogen functional groups attached to an aromatic ring is 1. The predicted molar refractivity (Wildman–Crippen MR) is 161 cm³/mol. The van der Waals surface area contributed by atoms with E-state index in [0.717, 1.165) is 23.4 Å². The van der Waals surface area contributed by atoms with Crippen molar-refractivity contribution < 1.29 is 56.0 Å². The maximum absolute atomic E-state index is 15.0. The first kappa shape index (κ1) is 36.7. The Morgan fingerprint density at radius 1 is 0.979 bits per heavy atom. The number of nitrogens with one attached hydrogen (secondary N) is 2. The number of carbonyl (C=O) groups is 2. The smallest absolute Gasteiger partial charge is 0.384 e. The van der Waals surface area contributed by atoms with Gasteiger partial charge in [0, 0.05) is 6.20 Å². The number of hydrogen-bond donors (Lipinski definition) is 4. The van der Waals surface area contributed by atoms with Crippen molar-refractivity contribution in [2.24, 2.45) is 0 Å². The van der Waals surface area contributed by atoms with E-state index in [0.29, 0.717) is 4.57 Å². The van der Waals surface area contributed by atoms with Gasteiger partial charge >= 0.3 is 31.4 Å². The Balaban J connectivity index is 1.43. The third-order valence-corrected chi connectivity index (χ3v) is 7.95. The summed E-state index contributed by atoms with van der Waals surface area (Å²) in [5.74, 6) is -6.90. The molecule has 260 valence electrons. The maximum atomic E-state index is 15.0. The highest BCUT2D eigenvalue weighted by Gasteiger charge is 2.60. The van der Waals surface area contributed by atoms with E-state index in [1.807, 2.05) is 0 Å². The van der Waals surface area contributed by atoms with Gasteiger partial charge in [-0.05, 0) is 31.0 Å². The van der Waals surface area contributed by atoms with Crippen LogP contribution in [-0.4, -0.2) is 63.4 Å². The highest BCUT2D eigenvalue weighted by Crippen LogP contribution is 2.52. The second-order valence-electron chi connectivity index (χ2n) is 10.5. The van der Waals surface area contributed by atoms with Gasteiger partial charge in [0.25, 0.3) is 0 Å². The van der Waals surface area contributed by atoms with E-state index >= 15 is 8.78 Å². The molecule has 2 heterocycles. The van der Waals surface area contributed by atoms with Crippen molar-refractivity contribution in [1.29, 1.82) is 0 Å². The maximum Gasteiger partial charge on any atom is 0.592 e. The largest absolute Gasteiger partial charge is 0.592 e. The van der Waals surface area contributed by atoms with E-state index in [1.165, 1.54) is 13.8 Å². The zero-order chi connectivity index (χ0) is 34.9. The van der Waals surface area contributed by atoms with Crippen LogP contribution in [0.25, 0.3) is 0 Å². The number of nitrogens with zero attached hydrogens (tertiary/aromatic N) is 2. The number of phosphoric acid groups is 1. The molecule has 3 aromatic rings. The Kier molecular flexibility index (Phi) is 12.5. The van der Waals surface area contributed by atoms with Crippen molar-refractivity contribution in [2.45, 2.75) is 63.5 Å². The van der Waals surface area contributed by atoms with Gasteiger partial charge in [-0.2, -0.15) is 24.7 Å². The average molecular weight is 698 g/mol. The van der Waals surface area contributed by atoms with Crippen LogP contribution in [0.2, 0.25) is 0 Å². The van der Waals surface area contributed by atoms with Gasteiger partial charge in [-0.15, -0.1) is 0 Å². The summed E-state index contributed by atoms with van der Waals surface area (Å²) in [4.78, 5) is 51.8. The molecule has 48 heavy (non-hydrogen) atoms. The highest BCUT2D eigenvalue weighted by atomic mass is 31.2. The number of phosphoric ester groups is 1. The molecular formula is C29H34F2N5O11P. The van der Waals surface area contributed by atoms with E-state index in [2.05, 4.69) is 15.9 Å². The summed E-state index contributed by atoms with van der Waals surface area (Å²) in [7, 11) is -5.27. The summed E-state index contributed by atoms with van der Waals surface area (Å²) in [6.07, 6.45) is -6.07. The second kappa shape index (κ2) is 16.3. The average Bonchev–Trinajstić information content (AvgIpc) is 3.28. The number of alkyl halides is 2. The van der Waals surface area contributed by atoms with Crippen LogP contribution in [0.1, 0.15) is 31.2 Å². The third-order valence-electron chi connectivity index (χ3n) is 6.67. The number of rotatable bonds is 16. The molecule has 0 saturated carbocycles. The standard InChI is InChI=1S/C29H34F2N5O11P/c1-18(34-42-15-20-9-5-3-6-10-20)25(38)46-48(41,47-26(39)19(2)35-43-16-21-11-7-4-8-12-21)44-17-22-24(37)29(30,31)27(45-22)36-14-13-23(32)33-28(36)40/h3-14,18-19,22,24,27,34-35,37H,15-17H2,1-2H3,(H2,32,33,40)/t18-,19-,22+,24+,27+/m0/s1. The van der Waals surface area contributed by atoms with Gasteiger partial charge in [0.15, 0.2) is 6.10 Å². The van der Waals surface area contributed by atoms with E-state index in [-0.39, 0.29) is 19.0 Å². The molecule has 4 rings (SSSR count). The fraction of sp³-hybridized carbons (Fsp3) is 0.379. The van der Waals surface area contributed by atoms with Gasteiger partial charge in [0.1, 0.15) is 24.0 Å². The van der Waals surface area contributed by atoms with Crippen LogP contribution >= 0.6 is 7.82 Å². The molecule has 0 bridgehead atoms. The number of aromatic nitrogens is 2. The van der Waals surface area contributed by atoms with Crippen molar-refractivity contribution in [3.63, 3.8) is 0 Å². The van der Waals surface area contributed by atoms with Crippen molar-refractivity contribution in [2.75, 3.05) is 12.3 Å². The third kappa shape index (κ3) is 9.71. The van der Waals surface area contributed by atoms with Crippen LogP contribution in [0.3, 0.4) is 0 Å². The first-order valence-electron chi connectivity index (χ1n) is 14.4. The Morgan fingerprint density at radius 3 is 1.96 bits per heavy atom. The number of aliphatic hydroxyl groups is 1. The van der Waals surface area contributed by atoms with Gasteiger partial charge in [-0.25, -0.2) is 18.9 Å². The molecular weight excluding hydrogens is 663 g/mol. The number of ether oxygens (including phenoxy) is 1. The van der Waals surface area contributed by atoms with Crippen LogP contribution in [0.4, 0.5) is 14.6 Å². The van der Waals surface area contributed by atoms with Gasteiger partial charge in [0.05, 0.1) is 19.8 Å². The molecule has 16 nitrogen and oxygen atoms in total. The topological polar surface area (TPSA) is 212 Å². The summed E-state index contributed by atoms with van der Waals surface area (Å²) in [6.45, 7) is 1.46. The lowest BCUT2D eigenvalue weighted by atomic mass is 10.1. The monoisotopic (exact) mass is 697 g/mol. The number of hydroxylamine groups is 2. The summed E-state index contributed by atoms with van der Waals surface area (Å²) < 4.78 is 64.2. The van der Waals surface area contributed by atoms with E-state index in [1.54, 1.807) is 60.7 Å². The van der Waals surface area contributed by atoms with Crippen molar-refractivity contribution >= 4 is 25.6 Å². The fourth-order valence-corrected chi connectivity index (χ4v) is 5.30. The van der Waals surface area contributed by atoms with Gasteiger partial charge < -0.3 is 24.6 Å². The molecule has 5 atom stereocenters. The highest BCUT2D eigenvalue weighted by molar-refractivity contribution is 7.49. The van der Waals surface area contributed by atoms with Crippen molar-refractivity contribution in [1.82, 2.24) is 20.5 Å². The minimum atomic E-state index is -5.27. The fourth-order valence-electron chi connectivity index (χ4n) is 4.07. The molecule has 0 radical (unpaired) electrons. The summed E-state index contributed by atoms with van der Waals surface area (Å²) in [5, 5.41) is 10.3. The molecule has 0 spiro atoms. The number of hydrogen-bond acceptors (Lipinski definition) is 15. The minimum absolute atomic E-state index is 0.0344. The van der Waals surface area contributed by atoms with Crippen molar-refractivity contribution in [3.05, 3.63) is 94.5 Å². The SMILES string of the molecule is C[C@H](NOCc1ccccc1)C(=O)OP(=O)(OC[C@H]1O[C@@H](n2ccc(N)nc2=O)C(F)(F)[C@@H]1O)OC(=O)[C@H](C)NOCc1ccccc1. The number of benzene rings is 2. The Labute approximate surface area is 272 Å². The molecule has 19 heteroatoms. The molecule has 0 unspecified atom stereocenters. The van der Waals surface area contributed by atoms with E-state index < -0.39 is 68.5 Å². The Bertz CT molecular complexity index is 1570. The normalized spacial score (nSPS) is 20.1. The Hall–Kier alpha value is -4.13. The molecule has 2 aromatic carbocycles. The lowest BCUT2D eigenvalue weighted by molar-refractivity contribution is -0.148. The summed E-state index contributed by atoms with van der Waals surface area (Å²) >= 11 is 0. The number of halogens is 2. The lowest BCUT2D eigenvalue weighted by Gasteiger charge is -2.23. The molecule has 1 fully saturated rings. The van der Waals surface area contributed by atoms with Crippen LogP contribution in [0, 0.1) is 0 Å². The van der Waals surface area contributed by atoms with Crippen LogP contribution in [-0.2, 0) is 55.4 Å². The molecule has 5 N–H and O–H groups in total. The van der Waals surface area contributed by atoms with E-state index in [9.17, 15) is 24.1 Å². The quantitative estimate of drug-likeness (QED) is 0.125. The molecule has 1 aromatic heterocycles.